The monoisotopic (exact) mass is 311 g/mol. The first kappa shape index (κ1) is 16.1. The fourth-order valence-electron chi connectivity index (χ4n) is 2.86. The maximum atomic E-state index is 11.0. The molecule has 21 heavy (non-hydrogen) atoms. The molecule has 1 aromatic carbocycles. The van der Waals surface area contributed by atoms with E-state index in [2.05, 4.69) is 11.8 Å². The second-order valence-electron chi connectivity index (χ2n) is 5.44. The molecular weight excluding hydrogens is 290 g/mol. The zero-order valence-electron chi connectivity index (χ0n) is 12.5. The summed E-state index contributed by atoms with van der Waals surface area (Å²) in [6, 6.07) is 5.85. The molecule has 2 rings (SSSR count). The largest absolute Gasteiger partial charge is 0.494 e. The van der Waals surface area contributed by atoms with Gasteiger partial charge in [0.25, 0.3) is 0 Å². The van der Waals surface area contributed by atoms with Gasteiger partial charge in [0.05, 0.1) is 12.5 Å². The van der Waals surface area contributed by atoms with Crippen LogP contribution in [0.1, 0.15) is 38.3 Å². The third kappa shape index (κ3) is 3.89. The van der Waals surface area contributed by atoms with Crippen LogP contribution in [-0.4, -0.2) is 35.7 Å². The molecule has 1 fully saturated rings. The SMILES string of the molecule is CCOc1ccc(Cl)cc1C(C)N1CCC(C(=O)O)CC1. The average Bonchev–Trinajstić information content (AvgIpc) is 2.48. The van der Waals surface area contributed by atoms with Gasteiger partial charge in [-0.15, -0.1) is 0 Å². The summed E-state index contributed by atoms with van der Waals surface area (Å²) >= 11 is 6.11. The minimum absolute atomic E-state index is 0.167. The number of carboxylic acid groups (broad SMARTS) is 1. The van der Waals surface area contributed by atoms with E-state index in [1.54, 1.807) is 0 Å². The van der Waals surface area contributed by atoms with Crippen LogP contribution in [0.4, 0.5) is 0 Å². The van der Waals surface area contributed by atoms with Crippen molar-refractivity contribution < 1.29 is 14.6 Å². The fourth-order valence-corrected chi connectivity index (χ4v) is 3.04. The Kier molecular flexibility index (Phi) is 5.48. The van der Waals surface area contributed by atoms with E-state index in [1.165, 1.54) is 0 Å². The first-order valence-electron chi connectivity index (χ1n) is 7.42. The molecule has 1 aliphatic heterocycles. The van der Waals surface area contributed by atoms with Gasteiger partial charge in [-0.25, -0.2) is 0 Å². The number of benzene rings is 1. The Morgan fingerprint density at radius 2 is 2.14 bits per heavy atom. The summed E-state index contributed by atoms with van der Waals surface area (Å²) in [4.78, 5) is 13.3. The third-order valence-electron chi connectivity index (χ3n) is 4.15. The van der Waals surface area contributed by atoms with Gasteiger partial charge < -0.3 is 9.84 Å². The number of carboxylic acids is 1. The molecule has 1 atom stereocenters. The van der Waals surface area contributed by atoms with E-state index in [9.17, 15) is 4.79 Å². The summed E-state index contributed by atoms with van der Waals surface area (Å²) < 4.78 is 5.68. The summed E-state index contributed by atoms with van der Waals surface area (Å²) in [5.41, 5.74) is 1.07. The Morgan fingerprint density at radius 3 is 2.71 bits per heavy atom. The van der Waals surface area contributed by atoms with E-state index in [-0.39, 0.29) is 12.0 Å². The Balaban J connectivity index is 2.11. The predicted octanol–water partition coefficient (Wildman–Crippen LogP) is 3.60. The molecule has 4 nitrogen and oxygen atoms in total. The third-order valence-corrected chi connectivity index (χ3v) is 4.38. The molecule has 0 aromatic heterocycles. The Bertz CT molecular complexity index is 498. The summed E-state index contributed by atoms with van der Waals surface area (Å²) in [7, 11) is 0. The van der Waals surface area contributed by atoms with Gasteiger partial charge in [-0.2, -0.15) is 0 Å². The molecule has 0 bridgehead atoms. The Labute approximate surface area is 130 Å². The zero-order valence-corrected chi connectivity index (χ0v) is 13.3. The van der Waals surface area contributed by atoms with Crippen molar-refractivity contribution >= 4 is 17.6 Å². The van der Waals surface area contributed by atoms with E-state index in [4.69, 9.17) is 21.4 Å². The van der Waals surface area contributed by atoms with E-state index in [0.717, 1.165) is 24.4 Å². The standard InChI is InChI=1S/C16H22ClNO3/c1-3-21-15-5-4-13(17)10-14(15)11(2)18-8-6-12(7-9-18)16(19)20/h4-5,10-12H,3,6-9H2,1-2H3,(H,19,20). The lowest BCUT2D eigenvalue weighted by molar-refractivity contribution is -0.143. The second-order valence-corrected chi connectivity index (χ2v) is 5.88. The van der Waals surface area contributed by atoms with Gasteiger partial charge >= 0.3 is 5.97 Å². The van der Waals surface area contributed by atoms with Gasteiger partial charge in [-0.05, 0) is 58.0 Å². The number of hydrogen-bond acceptors (Lipinski definition) is 3. The van der Waals surface area contributed by atoms with Crippen molar-refractivity contribution in [3.05, 3.63) is 28.8 Å². The van der Waals surface area contributed by atoms with Crippen LogP contribution in [0.3, 0.4) is 0 Å². The number of nitrogens with zero attached hydrogens (tertiary/aromatic N) is 1. The summed E-state index contributed by atoms with van der Waals surface area (Å²) in [5, 5.41) is 9.77. The van der Waals surface area contributed by atoms with Gasteiger partial charge in [0.2, 0.25) is 0 Å². The molecular formula is C16H22ClNO3. The Morgan fingerprint density at radius 1 is 1.48 bits per heavy atom. The smallest absolute Gasteiger partial charge is 0.306 e. The van der Waals surface area contributed by atoms with Crippen LogP contribution in [-0.2, 0) is 4.79 Å². The van der Waals surface area contributed by atoms with Crippen molar-refractivity contribution in [3.63, 3.8) is 0 Å². The average molecular weight is 312 g/mol. The number of halogens is 1. The summed E-state index contributed by atoms with van der Waals surface area (Å²) in [6.45, 7) is 6.27. The summed E-state index contributed by atoms with van der Waals surface area (Å²) in [5.74, 6) is -0.0333. The van der Waals surface area contributed by atoms with Gasteiger partial charge in [0.15, 0.2) is 0 Å². The molecule has 1 heterocycles. The number of piperidine rings is 1. The molecule has 0 spiro atoms. The van der Waals surface area contributed by atoms with Gasteiger partial charge in [-0.3, -0.25) is 9.69 Å². The van der Waals surface area contributed by atoms with E-state index < -0.39 is 5.97 Å². The molecule has 1 aromatic rings. The van der Waals surface area contributed by atoms with E-state index in [1.807, 2.05) is 25.1 Å². The van der Waals surface area contributed by atoms with Crippen molar-refractivity contribution in [2.24, 2.45) is 5.92 Å². The molecule has 1 N–H and O–H groups in total. The highest BCUT2D eigenvalue weighted by atomic mass is 35.5. The van der Waals surface area contributed by atoms with Crippen LogP contribution >= 0.6 is 11.6 Å². The number of likely N-dealkylation sites (tertiary alicyclic amines) is 1. The highest BCUT2D eigenvalue weighted by Gasteiger charge is 2.28. The first-order chi connectivity index (χ1) is 10.0. The molecule has 0 aliphatic carbocycles. The molecule has 116 valence electrons. The number of ether oxygens (including phenoxy) is 1. The van der Waals surface area contributed by atoms with Crippen molar-refractivity contribution in [2.45, 2.75) is 32.7 Å². The molecule has 0 radical (unpaired) electrons. The van der Waals surface area contributed by atoms with Gasteiger partial charge in [0, 0.05) is 16.6 Å². The van der Waals surface area contributed by atoms with Crippen molar-refractivity contribution in [1.29, 1.82) is 0 Å². The molecule has 5 heteroatoms. The lowest BCUT2D eigenvalue weighted by Gasteiger charge is -2.35. The van der Waals surface area contributed by atoms with Crippen LogP contribution in [0.15, 0.2) is 18.2 Å². The van der Waals surface area contributed by atoms with Crippen LogP contribution in [0.25, 0.3) is 0 Å². The van der Waals surface area contributed by atoms with Crippen molar-refractivity contribution in [2.75, 3.05) is 19.7 Å². The topological polar surface area (TPSA) is 49.8 Å². The second kappa shape index (κ2) is 7.14. The molecule has 1 aliphatic rings. The summed E-state index contributed by atoms with van der Waals surface area (Å²) in [6.07, 6.45) is 1.40. The first-order valence-corrected chi connectivity index (χ1v) is 7.79. The Hall–Kier alpha value is -1.26. The van der Waals surface area contributed by atoms with Gasteiger partial charge in [0.1, 0.15) is 5.75 Å². The van der Waals surface area contributed by atoms with Crippen molar-refractivity contribution in [3.8, 4) is 5.75 Å². The quantitative estimate of drug-likeness (QED) is 0.902. The van der Waals surface area contributed by atoms with Crippen molar-refractivity contribution in [1.82, 2.24) is 4.90 Å². The highest BCUT2D eigenvalue weighted by molar-refractivity contribution is 6.30. The van der Waals surface area contributed by atoms with Crippen LogP contribution in [0, 0.1) is 5.92 Å². The minimum atomic E-state index is -0.680. The number of aliphatic carboxylic acids is 1. The maximum Gasteiger partial charge on any atom is 0.306 e. The minimum Gasteiger partial charge on any atom is -0.494 e. The van der Waals surface area contributed by atoms with Crippen LogP contribution in [0.5, 0.6) is 5.75 Å². The van der Waals surface area contributed by atoms with Crippen LogP contribution < -0.4 is 4.74 Å². The zero-order chi connectivity index (χ0) is 15.4. The number of hydrogen-bond donors (Lipinski definition) is 1. The van der Waals surface area contributed by atoms with Crippen LogP contribution in [0.2, 0.25) is 5.02 Å². The lowest BCUT2D eigenvalue weighted by atomic mass is 9.94. The van der Waals surface area contributed by atoms with E-state index in [0.29, 0.717) is 24.5 Å². The number of rotatable bonds is 5. The normalized spacial score (nSPS) is 18.4. The molecule has 0 amide bonds. The molecule has 1 saturated heterocycles. The lowest BCUT2D eigenvalue weighted by Crippen LogP contribution is -2.38. The number of carbonyl (C=O) groups is 1. The maximum absolute atomic E-state index is 11.0. The molecule has 1 unspecified atom stereocenters. The fraction of sp³-hybridized carbons (Fsp3) is 0.562. The van der Waals surface area contributed by atoms with E-state index >= 15 is 0 Å². The van der Waals surface area contributed by atoms with Gasteiger partial charge in [-0.1, -0.05) is 11.6 Å². The highest BCUT2D eigenvalue weighted by Crippen LogP contribution is 2.34. The predicted molar refractivity (Wildman–Crippen MR) is 83.0 cm³/mol. The molecule has 0 saturated carbocycles.